The maximum Gasteiger partial charge on any atom is 0.196 e. The van der Waals surface area contributed by atoms with Crippen molar-refractivity contribution in [3.05, 3.63) is 66.3 Å². The zero-order chi connectivity index (χ0) is 25.7. The van der Waals surface area contributed by atoms with Gasteiger partial charge in [0, 0.05) is 24.4 Å². The molecule has 2 N–H and O–H groups in total. The molecule has 1 aliphatic rings. The number of aryl methyl sites for hydroxylation is 1. The molecule has 0 radical (unpaired) electrons. The molecular formula is C26H28FN5O4. The molecule has 0 amide bonds. The summed E-state index contributed by atoms with van der Waals surface area (Å²) in [6.07, 6.45) is 4.76. The first-order chi connectivity index (χ1) is 17.1. The number of ether oxygens (including phenoxy) is 2. The lowest BCUT2D eigenvalue weighted by molar-refractivity contribution is -0.137. The van der Waals surface area contributed by atoms with E-state index in [0.717, 1.165) is 23.0 Å². The van der Waals surface area contributed by atoms with Gasteiger partial charge in [-0.3, -0.25) is 0 Å². The Morgan fingerprint density at radius 1 is 1.14 bits per heavy atom. The number of hydrogen-bond acceptors (Lipinski definition) is 7. The molecule has 0 aliphatic carbocycles. The van der Waals surface area contributed by atoms with Crippen LogP contribution in [0.2, 0.25) is 0 Å². The third kappa shape index (κ3) is 3.87. The lowest BCUT2D eigenvalue weighted by atomic mass is 9.79. The van der Waals surface area contributed by atoms with Crippen molar-refractivity contribution in [1.82, 2.24) is 24.3 Å². The molecule has 0 bridgehead atoms. The summed E-state index contributed by atoms with van der Waals surface area (Å²) >= 11 is 0. The van der Waals surface area contributed by atoms with Crippen LogP contribution in [0.3, 0.4) is 0 Å². The number of benzene rings is 2. The van der Waals surface area contributed by atoms with E-state index in [1.165, 1.54) is 12.1 Å². The van der Waals surface area contributed by atoms with Gasteiger partial charge in [0.2, 0.25) is 0 Å². The Morgan fingerprint density at radius 3 is 2.61 bits per heavy atom. The van der Waals surface area contributed by atoms with E-state index < -0.39 is 22.8 Å². The summed E-state index contributed by atoms with van der Waals surface area (Å²) in [4.78, 5) is 4.29. The first-order valence-corrected chi connectivity index (χ1v) is 11.7. The second kappa shape index (κ2) is 8.63. The summed E-state index contributed by atoms with van der Waals surface area (Å²) in [6.45, 7) is 5.81. The summed E-state index contributed by atoms with van der Waals surface area (Å²) in [7, 11) is 1.61. The molecule has 0 spiro atoms. The van der Waals surface area contributed by atoms with Crippen LogP contribution in [0, 0.1) is 12.7 Å². The van der Waals surface area contributed by atoms with Crippen molar-refractivity contribution in [2.75, 3.05) is 7.11 Å². The fourth-order valence-electron chi connectivity index (χ4n) is 4.76. The van der Waals surface area contributed by atoms with Gasteiger partial charge in [-0.1, -0.05) is 0 Å². The van der Waals surface area contributed by atoms with E-state index in [9.17, 15) is 14.6 Å². The predicted octanol–water partition coefficient (Wildman–Crippen LogP) is 4.13. The Balaban J connectivity index is 1.59. The fourth-order valence-corrected chi connectivity index (χ4v) is 4.76. The van der Waals surface area contributed by atoms with Gasteiger partial charge in [-0.25, -0.2) is 9.37 Å². The molecule has 9 nitrogen and oxygen atoms in total. The van der Waals surface area contributed by atoms with Gasteiger partial charge in [0.15, 0.2) is 28.8 Å². The number of fused-ring (bicyclic) bond motifs is 1. The summed E-state index contributed by atoms with van der Waals surface area (Å²) in [5.74, 6) is 0.576. The topological polar surface area (TPSA) is 107 Å². The molecular weight excluding hydrogens is 465 g/mol. The SMILES string of the molecule is COc1cc(-c2nnc3n2CCCC3(Oc2ccc(O)c(F)c2)C(C)(C)O)ccc1-n1cnc(C)c1. The molecule has 3 heterocycles. The minimum absolute atomic E-state index is 0.173. The predicted molar refractivity (Wildman–Crippen MR) is 130 cm³/mol. The van der Waals surface area contributed by atoms with Gasteiger partial charge >= 0.3 is 0 Å². The number of imidazole rings is 1. The summed E-state index contributed by atoms with van der Waals surface area (Å²) in [5.41, 5.74) is -0.163. The average molecular weight is 494 g/mol. The van der Waals surface area contributed by atoms with Gasteiger partial charge in [0.05, 0.1) is 24.8 Å². The molecule has 36 heavy (non-hydrogen) atoms. The second-order valence-corrected chi connectivity index (χ2v) is 9.51. The van der Waals surface area contributed by atoms with E-state index in [0.29, 0.717) is 36.8 Å². The highest BCUT2D eigenvalue weighted by Crippen LogP contribution is 2.45. The van der Waals surface area contributed by atoms with Crippen molar-refractivity contribution >= 4 is 0 Å². The van der Waals surface area contributed by atoms with Crippen LogP contribution in [0.25, 0.3) is 17.1 Å². The first kappa shape index (κ1) is 23.8. The van der Waals surface area contributed by atoms with Crippen LogP contribution in [0.4, 0.5) is 4.39 Å². The van der Waals surface area contributed by atoms with Crippen LogP contribution in [0.15, 0.2) is 48.9 Å². The van der Waals surface area contributed by atoms with Crippen LogP contribution in [0.1, 0.15) is 38.2 Å². The molecule has 2 aromatic carbocycles. The van der Waals surface area contributed by atoms with Crippen LogP contribution >= 0.6 is 0 Å². The highest BCUT2D eigenvalue weighted by molar-refractivity contribution is 5.63. The molecule has 5 rings (SSSR count). The number of aromatic hydroxyl groups is 1. The largest absolute Gasteiger partial charge is 0.505 e. The number of phenolic OH excluding ortho intramolecular Hbond substituents is 1. The third-order valence-corrected chi connectivity index (χ3v) is 6.65. The number of methoxy groups -OCH3 is 1. The molecule has 0 fully saturated rings. The van der Waals surface area contributed by atoms with Crippen LogP contribution in [0.5, 0.6) is 17.2 Å². The Kier molecular flexibility index (Phi) is 5.71. The van der Waals surface area contributed by atoms with Crippen molar-refractivity contribution in [3.8, 4) is 34.3 Å². The van der Waals surface area contributed by atoms with E-state index in [-0.39, 0.29) is 5.75 Å². The quantitative estimate of drug-likeness (QED) is 0.416. The van der Waals surface area contributed by atoms with Crippen LogP contribution < -0.4 is 9.47 Å². The summed E-state index contributed by atoms with van der Waals surface area (Å²) in [5, 5.41) is 29.8. The van der Waals surface area contributed by atoms with Gasteiger partial charge in [0.1, 0.15) is 17.1 Å². The standard InChI is InChI=1S/C26H28FN5O4/c1-16-14-31(15-28-16)20-8-6-17(12-22(20)35-4)23-29-30-24-26(25(2,3)34,10-5-11-32(23)24)36-18-7-9-21(33)19(27)13-18/h6-9,12-15,33-34H,5,10-11H2,1-4H3. The zero-order valence-electron chi connectivity index (χ0n) is 20.6. The van der Waals surface area contributed by atoms with Crippen molar-refractivity contribution < 1.29 is 24.1 Å². The fraction of sp³-hybridized carbons (Fsp3) is 0.346. The Hall–Kier alpha value is -3.92. The normalized spacial score (nSPS) is 17.6. The highest BCUT2D eigenvalue weighted by atomic mass is 19.1. The summed E-state index contributed by atoms with van der Waals surface area (Å²) in [6, 6.07) is 9.53. The van der Waals surface area contributed by atoms with E-state index in [1.54, 1.807) is 27.3 Å². The summed E-state index contributed by atoms with van der Waals surface area (Å²) < 4.78 is 29.8. The number of rotatable bonds is 6. The van der Waals surface area contributed by atoms with Crippen LogP contribution in [-0.2, 0) is 12.1 Å². The number of aliphatic hydroxyl groups is 1. The molecule has 2 aromatic heterocycles. The number of aromatic nitrogens is 5. The molecule has 0 saturated heterocycles. The lowest BCUT2D eigenvalue weighted by Crippen LogP contribution is -2.55. The molecule has 1 aliphatic heterocycles. The Labute approximate surface area is 207 Å². The Bertz CT molecular complexity index is 1420. The van der Waals surface area contributed by atoms with Crippen molar-refractivity contribution in [1.29, 1.82) is 0 Å². The molecule has 4 aromatic rings. The van der Waals surface area contributed by atoms with Gasteiger partial charge in [-0.05, 0) is 63.9 Å². The first-order valence-electron chi connectivity index (χ1n) is 11.7. The van der Waals surface area contributed by atoms with Crippen molar-refractivity contribution in [2.45, 2.75) is 51.4 Å². The van der Waals surface area contributed by atoms with E-state index >= 15 is 0 Å². The number of nitrogens with zero attached hydrogens (tertiary/aromatic N) is 5. The molecule has 10 heteroatoms. The number of hydrogen-bond donors (Lipinski definition) is 2. The maximum atomic E-state index is 14.1. The monoisotopic (exact) mass is 493 g/mol. The zero-order valence-corrected chi connectivity index (χ0v) is 20.6. The molecule has 0 saturated carbocycles. The number of halogens is 1. The smallest absolute Gasteiger partial charge is 0.196 e. The second-order valence-electron chi connectivity index (χ2n) is 9.51. The van der Waals surface area contributed by atoms with Crippen molar-refractivity contribution in [2.24, 2.45) is 0 Å². The number of phenols is 1. The molecule has 1 unspecified atom stereocenters. The minimum atomic E-state index is -1.38. The van der Waals surface area contributed by atoms with Gasteiger partial charge in [-0.2, -0.15) is 0 Å². The third-order valence-electron chi connectivity index (χ3n) is 6.65. The van der Waals surface area contributed by atoms with Gasteiger partial charge in [0.25, 0.3) is 0 Å². The van der Waals surface area contributed by atoms with Crippen molar-refractivity contribution in [3.63, 3.8) is 0 Å². The maximum absolute atomic E-state index is 14.1. The average Bonchev–Trinajstić information content (AvgIpc) is 3.47. The van der Waals surface area contributed by atoms with E-state index in [1.807, 2.05) is 40.5 Å². The van der Waals surface area contributed by atoms with Gasteiger partial charge < -0.3 is 28.8 Å². The van der Waals surface area contributed by atoms with Gasteiger partial charge in [-0.15, -0.1) is 10.2 Å². The van der Waals surface area contributed by atoms with E-state index in [4.69, 9.17) is 9.47 Å². The molecule has 188 valence electrons. The van der Waals surface area contributed by atoms with Crippen LogP contribution in [-0.4, -0.2) is 47.2 Å². The highest BCUT2D eigenvalue weighted by Gasteiger charge is 2.53. The molecule has 1 atom stereocenters. The lowest BCUT2D eigenvalue weighted by Gasteiger charge is -2.44. The minimum Gasteiger partial charge on any atom is -0.505 e. The van der Waals surface area contributed by atoms with E-state index in [2.05, 4.69) is 15.2 Å². The Morgan fingerprint density at radius 2 is 1.94 bits per heavy atom.